The average Bonchev–Trinajstić information content (AvgIpc) is 3.18. The summed E-state index contributed by atoms with van der Waals surface area (Å²) in [5.74, 6) is -0.290. The van der Waals surface area contributed by atoms with Gasteiger partial charge in [0.1, 0.15) is 5.76 Å². The summed E-state index contributed by atoms with van der Waals surface area (Å²) in [5.41, 5.74) is 2.62. The molecule has 0 atom stereocenters. The van der Waals surface area contributed by atoms with Crippen LogP contribution in [0.5, 0.6) is 0 Å². The summed E-state index contributed by atoms with van der Waals surface area (Å²) in [7, 11) is 0. The van der Waals surface area contributed by atoms with E-state index in [1.54, 1.807) is 42.5 Å². The van der Waals surface area contributed by atoms with Gasteiger partial charge in [0.2, 0.25) is 0 Å². The number of benzene rings is 2. The second-order valence-corrected chi connectivity index (χ2v) is 6.84. The van der Waals surface area contributed by atoms with Gasteiger partial charge in [-0.25, -0.2) is 4.79 Å². The third-order valence-electron chi connectivity index (χ3n) is 3.92. The Bertz CT molecular complexity index is 1020. The van der Waals surface area contributed by atoms with Crippen molar-refractivity contribution < 1.29 is 23.5 Å². The topological polar surface area (TPSA) is 85.6 Å². The maximum absolute atomic E-state index is 12.1. The van der Waals surface area contributed by atoms with Crippen molar-refractivity contribution in [1.82, 2.24) is 0 Å². The van der Waals surface area contributed by atoms with Crippen molar-refractivity contribution in [2.75, 3.05) is 11.9 Å². The Balaban J connectivity index is 1.56. The smallest absolute Gasteiger partial charge is 0.338 e. The fraction of sp³-hybridized carbons (Fsp3) is 0.0952. The highest BCUT2D eigenvalue weighted by molar-refractivity contribution is 9.10. The summed E-state index contributed by atoms with van der Waals surface area (Å²) < 4.78 is 11.3. The molecule has 1 aromatic heterocycles. The molecule has 1 heterocycles. The minimum absolute atomic E-state index is 0.227. The molecular formula is C21H16BrNO5. The Morgan fingerprint density at radius 1 is 1.11 bits per heavy atom. The van der Waals surface area contributed by atoms with Crippen molar-refractivity contribution in [1.29, 1.82) is 0 Å². The zero-order valence-electron chi connectivity index (χ0n) is 14.9. The summed E-state index contributed by atoms with van der Waals surface area (Å²) in [6, 6.07) is 15.1. The zero-order valence-corrected chi connectivity index (χ0v) is 16.5. The molecule has 3 rings (SSSR count). The second kappa shape index (κ2) is 8.67. The Hall–Kier alpha value is -3.19. The monoisotopic (exact) mass is 441 g/mol. The van der Waals surface area contributed by atoms with Crippen LogP contribution < -0.4 is 5.32 Å². The molecule has 2 aromatic carbocycles. The van der Waals surface area contributed by atoms with E-state index in [0.717, 1.165) is 10.0 Å². The second-order valence-electron chi connectivity index (χ2n) is 5.99. The van der Waals surface area contributed by atoms with Gasteiger partial charge in [0.05, 0.1) is 5.56 Å². The first kappa shape index (κ1) is 19.6. The largest absolute Gasteiger partial charge is 0.453 e. The van der Waals surface area contributed by atoms with Crippen LogP contribution in [0.4, 0.5) is 5.69 Å². The number of furan rings is 1. The molecule has 6 nitrogen and oxygen atoms in total. The van der Waals surface area contributed by atoms with Crippen LogP contribution in [0, 0.1) is 6.92 Å². The quantitative estimate of drug-likeness (QED) is 0.445. The predicted octanol–water partition coefficient (Wildman–Crippen LogP) is 4.63. The lowest BCUT2D eigenvalue weighted by atomic mass is 10.1. The van der Waals surface area contributed by atoms with E-state index in [0.29, 0.717) is 28.9 Å². The lowest BCUT2D eigenvalue weighted by Gasteiger charge is -2.08. The van der Waals surface area contributed by atoms with Gasteiger partial charge in [-0.1, -0.05) is 28.1 Å². The lowest BCUT2D eigenvalue weighted by molar-refractivity contribution is -0.119. The zero-order chi connectivity index (χ0) is 20.1. The number of hydrogen-bond donors (Lipinski definition) is 1. The minimum atomic E-state index is -0.610. The van der Waals surface area contributed by atoms with Crippen molar-refractivity contribution in [2.24, 2.45) is 0 Å². The molecule has 1 N–H and O–H groups in total. The molecule has 28 heavy (non-hydrogen) atoms. The van der Waals surface area contributed by atoms with Gasteiger partial charge in [-0.15, -0.1) is 0 Å². The van der Waals surface area contributed by atoms with E-state index >= 15 is 0 Å². The first-order chi connectivity index (χ1) is 13.5. The van der Waals surface area contributed by atoms with Gasteiger partial charge in [-0.3, -0.25) is 9.59 Å². The molecule has 142 valence electrons. The number of aryl methyl sites for hydroxylation is 1. The molecule has 0 aliphatic carbocycles. The predicted molar refractivity (Wildman–Crippen MR) is 107 cm³/mol. The molecule has 7 heteroatoms. The van der Waals surface area contributed by atoms with E-state index < -0.39 is 18.5 Å². The number of ether oxygens (including phenoxy) is 1. The molecule has 0 aliphatic heterocycles. The van der Waals surface area contributed by atoms with Gasteiger partial charge < -0.3 is 14.5 Å². The van der Waals surface area contributed by atoms with Crippen molar-refractivity contribution >= 4 is 39.8 Å². The number of carbonyl (C=O) groups excluding carboxylic acids is 3. The van der Waals surface area contributed by atoms with Crippen LogP contribution in [0.3, 0.4) is 0 Å². The van der Waals surface area contributed by atoms with Crippen molar-refractivity contribution in [3.05, 3.63) is 76.0 Å². The van der Waals surface area contributed by atoms with Gasteiger partial charge in [0, 0.05) is 15.7 Å². The summed E-state index contributed by atoms with van der Waals surface area (Å²) in [4.78, 5) is 34.8. The molecule has 0 aliphatic rings. The summed E-state index contributed by atoms with van der Waals surface area (Å²) in [5, 5.41) is 2.68. The summed E-state index contributed by atoms with van der Waals surface area (Å²) in [6.07, 6.45) is 0.621. The van der Waals surface area contributed by atoms with Crippen LogP contribution in [-0.2, 0) is 9.53 Å². The van der Waals surface area contributed by atoms with Gasteiger partial charge in [0.15, 0.2) is 18.7 Å². The summed E-state index contributed by atoms with van der Waals surface area (Å²) >= 11 is 3.39. The number of hydrogen-bond acceptors (Lipinski definition) is 5. The SMILES string of the molecule is Cc1cc(NC(=O)COC(=O)c2ccc(-c3ccc(C=O)o3)cc2)ccc1Br. The van der Waals surface area contributed by atoms with Crippen molar-refractivity contribution in [3.8, 4) is 11.3 Å². The fourth-order valence-electron chi connectivity index (χ4n) is 2.48. The van der Waals surface area contributed by atoms with E-state index in [2.05, 4.69) is 21.2 Å². The first-order valence-electron chi connectivity index (χ1n) is 8.35. The normalized spacial score (nSPS) is 10.4. The molecule has 0 radical (unpaired) electrons. The molecule has 3 aromatic rings. The molecule has 1 amide bonds. The molecular weight excluding hydrogens is 426 g/mol. The number of carbonyl (C=O) groups is 3. The highest BCUT2D eigenvalue weighted by Gasteiger charge is 2.12. The van der Waals surface area contributed by atoms with Crippen molar-refractivity contribution in [3.63, 3.8) is 0 Å². The number of rotatable bonds is 6. The third kappa shape index (κ3) is 4.75. The summed E-state index contributed by atoms with van der Waals surface area (Å²) in [6.45, 7) is 1.52. The van der Waals surface area contributed by atoms with E-state index in [4.69, 9.17) is 9.15 Å². The number of amides is 1. The Labute approximate surface area is 169 Å². The Morgan fingerprint density at radius 2 is 1.86 bits per heavy atom. The van der Waals surface area contributed by atoms with E-state index in [9.17, 15) is 14.4 Å². The number of halogens is 1. The van der Waals surface area contributed by atoms with Crippen LogP contribution in [0.2, 0.25) is 0 Å². The minimum Gasteiger partial charge on any atom is -0.453 e. The van der Waals surface area contributed by atoms with Gasteiger partial charge in [0.25, 0.3) is 5.91 Å². The third-order valence-corrected chi connectivity index (χ3v) is 4.81. The number of esters is 1. The van der Waals surface area contributed by atoms with Crippen LogP contribution in [0.15, 0.2) is 63.5 Å². The van der Waals surface area contributed by atoms with Crippen LogP contribution in [0.25, 0.3) is 11.3 Å². The van der Waals surface area contributed by atoms with Gasteiger partial charge >= 0.3 is 5.97 Å². The fourth-order valence-corrected chi connectivity index (χ4v) is 2.72. The lowest BCUT2D eigenvalue weighted by Crippen LogP contribution is -2.21. The number of anilines is 1. The van der Waals surface area contributed by atoms with Gasteiger partial charge in [-0.05, 0) is 55.0 Å². The molecule has 0 fully saturated rings. The molecule has 0 bridgehead atoms. The maximum Gasteiger partial charge on any atom is 0.338 e. The number of aldehydes is 1. The number of nitrogens with one attached hydrogen (secondary N) is 1. The standard InChI is InChI=1S/C21H16BrNO5/c1-13-10-16(6-8-18(13)22)23-20(25)12-27-21(26)15-4-2-14(3-5-15)19-9-7-17(11-24)28-19/h2-11H,12H2,1H3,(H,23,25). The van der Waals surface area contributed by atoms with E-state index in [1.165, 1.54) is 0 Å². The highest BCUT2D eigenvalue weighted by Crippen LogP contribution is 2.22. The van der Waals surface area contributed by atoms with E-state index in [-0.39, 0.29) is 5.76 Å². The molecule has 0 spiro atoms. The van der Waals surface area contributed by atoms with Crippen LogP contribution in [0.1, 0.15) is 26.5 Å². The Morgan fingerprint density at radius 3 is 2.50 bits per heavy atom. The molecule has 0 unspecified atom stereocenters. The average molecular weight is 442 g/mol. The van der Waals surface area contributed by atoms with Gasteiger partial charge in [-0.2, -0.15) is 0 Å². The molecule has 0 saturated carbocycles. The first-order valence-corrected chi connectivity index (χ1v) is 9.14. The highest BCUT2D eigenvalue weighted by atomic mass is 79.9. The van der Waals surface area contributed by atoms with Crippen LogP contribution >= 0.6 is 15.9 Å². The van der Waals surface area contributed by atoms with Crippen LogP contribution in [-0.4, -0.2) is 24.8 Å². The van der Waals surface area contributed by atoms with Crippen molar-refractivity contribution in [2.45, 2.75) is 6.92 Å². The molecule has 0 saturated heterocycles. The maximum atomic E-state index is 12.1. The Kier molecular flexibility index (Phi) is 6.06. The van der Waals surface area contributed by atoms with E-state index in [1.807, 2.05) is 19.1 Å².